The molecule has 0 bridgehead atoms. The minimum Gasteiger partial charge on any atom is -0.472 e. The van der Waals surface area contributed by atoms with Crippen LogP contribution >= 0.6 is 0 Å². The largest absolute Gasteiger partial charge is 0.472 e. The summed E-state index contributed by atoms with van der Waals surface area (Å²) in [6.07, 6.45) is 3.04. The van der Waals surface area contributed by atoms with Crippen molar-refractivity contribution < 1.29 is 9.15 Å². The normalized spacial score (nSPS) is 13.5. The molecule has 1 aliphatic heterocycles. The maximum Gasteiger partial charge on any atom is 0.336 e. The Morgan fingerprint density at radius 3 is 2.63 bits per heavy atom. The van der Waals surface area contributed by atoms with Gasteiger partial charge in [-0.1, -0.05) is 31.0 Å². The van der Waals surface area contributed by atoms with Crippen molar-refractivity contribution in [3.8, 4) is 5.75 Å². The lowest BCUT2D eigenvalue weighted by Crippen LogP contribution is -2.32. The summed E-state index contributed by atoms with van der Waals surface area (Å²) >= 11 is 0. The molecule has 3 aromatic rings. The molecule has 0 N–H and O–H groups in total. The molecule has 0 unspecified atom stereocenters. The zero-order valence-corrected chi connectivity index (χ0v) is 16.2. The van der Waals surface area contributed by atoms with Crippen molar-refractivity contribution >= 4 is 16.7 Å². The van der Waals surface area contributed by atoms with Gasteiger partial charge in [-0.05, 0) is 50.5 Å². The van der Waals surface area contributed by atoms with Crippen molar-refractivity contribution in [2.75, 3.05) is 11.6 Å². The molecule has 0 spiro atoms. The van der Waals surface area contributed by atoms with Crippen LogP contribution in [0.3, 0.4) is 0 Å². The number of ether oxygens (including phenoxy) is 1. The second-order valence-corrected chi connectivity index (χ2v) is 7.37. The predicted octanol–water partition coefficient (Wildman–Crippen LogP) is 5.11. The minimum atomic E-state index is -0.284. The third-order valence-corrected chi connectivity index (χ3v) is 5.30. The van der Waals surface area contributed by atoms with Crippen LogP contribution in [0.4, 0.5) is 5.69 Å². The van der Waals surface area contributed by atoms with Gasteiger partial charge in [0.2, 0.25) is 0 Å². The number of fused-ring (bicyclic) bond motifs is 2. The van der Waals surface area contributed by atoms with Crippen LogP contribution < -0.4 is 15.3 Å². The SMILES string of the molecule is CCCCc1cc(=O)oc2c(C)c3c(cc12)CN(c1ccc(C)cc1)CO3. The summed E-state index contributed by atoms with van der Waals surface area (Å²) in [7, 11) is 0. The van der Waals surface area contributed by atoms with Crippen LogP contribution in [0.5, 0.6) is 5.75 Å². The molecule has 0 radical (unpaired) electrons. The van der Waals surface area contributed by atoms with Gasteiger partial charge in [0.05, 0.1) is 0 Å². The number of nitrogens with zero attached hydrogens (tertiary/aromatic N) is 1. The molecule has 4 heteroatoms. The van der Waals surface area contributed by atoms with Gasteiger partial charge >= 0.3 is 5.63 Å². The second kappa shape index (κ2) is 7.10. The molecule has 0 saturated heterocycles. The molecular weight excluding hydrogens is 338 g/mol. The van der Waals surface area contributed by atoms with E-state index in [2.05, 4.69) is 49.1 Å². The van der Waals surface area contributed by atoms with Crippen molar-refractivity contribution in [2.24, 2.45) is 0 Å². The van der Waals surface area contributed by atoms with E-state index in [1.807, 2.05) is 6.92 Å². The number of anilines is 1. The van der Waals surface area contributed by atoms with Crippen LogP contribution in [0.2, 0.25) is 0 Å². The van der Waals surface area contributed by atoms with E-state index in [4.69, 9.17) is 9.15 Å². The van der Waals surface area contributed by atoms with Gasteiger partial charge in [-0.2, -0.15) is 0 Å². The second-order valence-electron chi connectivity index (χ2n) is 7.37. The Balaban J connectivity index is 1.78. The van der Waals surface area contributed by atoms with Gasteiger partial charge < -0.3 is 14.1 Å². The first-order chi connectivity index (χ1) is 13.1. The van der Waals surface area contributed by atoms with E-state index >= 15 is 0 Å². The van der Waals surface area contributed by atoms with E-state index in [1.165, 1.54) is 5.56 Å². The maximum atomic E-state index is 12.0. The van der Waals surface area contributed by atoms with Gasteiger partial charge in [-0.25, -0.2) is 4.79 Å². The first kappa shape index (κ1) is 17.7. The fraction of sp³-hybridized carbons (Fsp3) is 0.348. The van der Waals surface area contributed by atoms with Gasteiger partial charge in [0, 0.05) is 34.8 Å². The summed E-state index contributed by atoms with van der Waals surface area (Å²) in [4.78, 5) is 14.3. The predicted molar refractivity (Wildman–Crippen MR) is 109 cm³/mol. The fourth-order valence-electron chi connectivity index (χ4n) is 3.78. The third kappa shape index (κ3) is 3.32. The van der Waals surface area contributed by atoms with Crippen LogP contribution in [-0.2, 0) is 13.0 Å². The monoisotopic (exact) mass is 363 g/mol. The van der Waals surface area contributed by atoms with Crippen LogP contribution in [0.25, 0.3) is 11.0 Å². The molecule has 1 aromatic heterocycles. The first-order valence-electron chi connectivity index (χ1n) is 9.60. The molecule has 4 rings (SSSR count). The fourth-order valence-corrected chi connectivity index (χ4v) is 3.78. The van der Waals surface area contributed by atoms with Gasteiger partial charge in [0.1, 0.15) is 11.3 Å². The van der Waals surface area contributed by atoms with E-state index in [0.29, 0.717) is 12.3 Å². The summed E-state index contributed by atoms with van der Waals surface area (Å²) in [6.45, 7) is 7.50. The molecule has 2 aromatic carbocycles. The maximum absolute atomic E-state index is 12.0. The Labute approximate surface area is 159 Å². The molecule has 140 valence electrons. The molecule has 27 heavy (non-hydrogen) atoms. The number of hydrogen-bond acceptors (Lipinski definition) is 4. The Kier molecular flexibility index (Phi) is 4.65. The Morgan fingerprint density at radius 1 is 1.11 bits per heavy atom. The molecule has 0 atom stereocenters. The summed E-state index contributed by atoms with van der Waals surface area (Å²) in [5.74, 6) is 0.849. The number of rotatable bonds is 4. The van der Waals surface area contributed by atoms with E-state index in [1.54, 1.807) is 6.07 Å². The van der Waals surface area contributed by atoms with Gasteiger partial charge in [-0.15, -0.1) is 0 Å². The molecular formula is C23H25NO3. The quantitative estimate of drug-likeness (QED) is 0.604. The lowest BCUT2D eigenvalue weighted by molar-refractivity contribution is 0.287. The zero-order valence-electron chi connectivity index (χ0n) is 16.2. The van der Waals surface area contributed by atoms with Crippen molar-refractivity contribution in [1.82, 2.24) is 0 Å². The Bertz CT molecular complexity index is 1030. The number of aryl methyl sites for hydroxylation is 3. The summed E-state index contributed by atoms with van der Waals surface area (Å²) in [6, 6.07) is 12.3. The van der Waals surface area contributed by atoms with Crippen LogP contribution in [-0.4, -0.2) is 6.73 Å². The highest BCUT2D eigenvalue weighted by Gasteiger charge is 2.23. The molecule has 0 saturated carbocycles. The number of unbranched alkanes of at least 4 members (excludes halogenated alkanes) is 1. The highest BCUT2D eigenvalue weighted by atomic mass is 16.5. The van der Waals surface area contributed by atoms with E-state index in [0.717, 1.165) is 59.3 Å². The standard InChI is InChI=1S/C23H25NO3/c1-4-5-6-17-12-21(25)27-23-16(3)22-18(11-20(17)23)13-24(14-26-22)19-9-7-15(2)8-10-19/h7-12H,4-6,13-14H2,1-3H3. The molecule has 0 aliphatic carbocycles. The van der Waals surface area contributed by atoms with E-state index in [9.17, 15) is 4.79 Å². The summed E-state index contributed by atoms with van der Waals surface area (Å²) < 4.78 is 11.6. The molecule has 2 heterocycles. The minimum absolute atomic E-state index is 0.284. The lowest BCUT2D eigenvalue weighted by atomic mass is 9.98. The highest BCUT2D eigenvalue weighted by molar-refractivity contribution is 5.86. The van der Waals surface area contributed by atoms with Gasteiger partial charge in [-0.3, -0.25) is 0 Å². The topological polar surface area (TPSA) is 42.7 Å². The van der Waals surface area contributed by atoms with Crippen molar-refractivity contribution in [3.63, 3.8) is 0 Å². The van der Waals surface area contributed by atoms with Gasteiger partial charge in [0.25, 0.3) is 0 Å². The van der Waals surface area contributed by atoms with Crippen molar-refractivity contribution in [1.29, 1.82) is 0 Å². The first-order valence-corrected chi connectivity index (χ1v) is 9.60. The highest BCUT2D eigenvalue weighted by Crippen LogP contribution is 2.37. The van der Waals surface area contributed by atoms with Crippen LogP contribution in [0.15, 0.2) is 45.6 Å². The smallest absolute Gasteiger partial charge is 0.336 e. The molecule has 4 nitrogen and oxygen atoms in total. The Morgan fingerprint density at radius 2 is 1.89 bits per heavy atom. The molecule has 0 fully saturated rings. The Hall–Kier alpha value is -2.75. The van der Waals surface area contributed by atoms with E-state index in [-0.39, 0.29) is 5.63 Å². The van der Waals surface area contributed by atoms with Gasteiger partial charge in [0.15, 0.2) is 6.73 Å². The van der Waals surface area contributed by atoms with Crippen LogP contribution in [0, 0.1) is 13.8 Å². The summed E-state index contributed by atoms with van der Waals surface area (Å²) in [5.41, 5.74) is 5.90. The van der Waals surface area contributed by atoms with Crippen LogP contribution in [0.1, 0.15) is 42.0 Å². The average molecular weight is 363 g/mol. The number of benzene rings is 2. The molecule has 0 amide bonds. The number of hydrogen-bond donors (Lipinski definition) is 0. The molecule has 1 aliphatic rings. The zero-order chi connectivity index (χ0) is 19.0. The van der Waals surface area contributed by atoms with Crippen molar-refractivity contribution in [2.45, 2.75) is 46.6 Å². The van der Waals surface area contributed by atoms with Crippen molar-refractivity contribution in [3.05, 3.63) is 69.1 Å². The average Bonchev–Trinajstić information content (AvgIpc) is 2.67. The lowest BCUT2D eigenvalue weighted by Gasteiger charge is -2.32. The van der Waals surface area contributed by atoms with E-state index < -0.39 is 0 Å². The third-order valence-electron chi connectivity index (χ3n) is 5.30. The summed E-state index contributed by atoms with van der Waals surface area (Å²) in [5, 5.41) is 1.04.